The molecule has 2 atom stereocenters. The molecule has 3 heterocycles. The molecule has 22 heavy (non-hydrogen) atoms. The van der Waals surface area contributed by atoms with Gasteiger partial charge in [0.25, 0.3) is 0 Å². The number of aromatic nitrogens is 2. The largest absolute Gasteiger partial charge is 0.473 e. The van der Waals surface area contributed by atoms with Crippen LogP contribution < -0.4 is 20.5 Å². The van der Waals surface area contributed by atoms with Crippen LogP contribution in [0.1, 0.15) is 19.4 Å². The molecule has 2 aromatic rings. The lowest BCUT2D eigenvalue weighted by Crippen LogP contribution is -2.64. The van der Waals surface area contributed by atoms with Gasteiger partial charge in [-0.15, -0.1) is 0 Å². The van der Waals surface area contributed by atoms with Gasteiger partial charge in [0, 0.05) is 40.7 Å². The predicted molar refractivity (Wildman–Crippen MR) is 87.4 cm³/mol. The van der Waals surface area contributed by atoms with Crippen LogP contribution in [0.2, 0.25) is 0 Å². The summed E-state index contributed by atoms with van der Waals surface area (Å²) in [5.74, 6) is 0.556. The number of furan rings is 1. The number of H-pyrrole nitrogens is 1. The van der Waals surface area contributed by atoms with E-state index in [9.17, 15) is 4.79 Å². The monoisotopic (exact) mass is 417 g/mol. The Morgan fingerprint density at radius 2 is 2.27 bits per heavy atom. The Morgan fingerprint density at radius 1 is 1.45 bits per heavy atom. The van der Waals surface area contributed by atoms with Crippen LogP contribution in [0.3, 0.4) is 0 Å². The number of nitrogens with zero attached hydrogens (tertiary/aromatic N) is 2. The molecule has 1 fully saturated rings. The maximum atomic E-state index is 12.2. The van der Waals surface area contributed by atoms with Gasteiger partial charge in [-0.25, -0.2) is 20.3 Å². The van der Waals surface area contributed by atoms with Crippen molar-refractivity contribution in [2.24, 2.45) is 0 Å². The van der Waals surface area contributed by atoms with Crippen molar-refractivity contribution >= 4 is 34.3 Å². The van der Waals surface area contributed by atoms with Gasteiger partial charge in [-0.05, 0) is 13.8 Å². The first-order chi connectivity index (χ1) is 10.6. The molecule has 0 spiro atoms. The summed E-state index contributed by atoms with van der Waals surface area (Å²) in [6.07, 6.45) is 3.15. The van der Waals surface area contributed by atoms with Crippen molar-refractivity contribution in [3.8, 4) is 5.88 Å². The number of anilines is 1. The fourth-order valence-electron chi connectivity index (χ4n) is 2.08. The standard InChI is InChI=1S/C13H16IN5O3/c1-7-8(2)18-19(13(20)16-7)10-6-22-12(14)9(10)5-21-11-3-4-15-17-11/h3-4,6-8,18H,5H2,1-2H3,(H,15,17)(H,16,20). The van der Waals surface area contributed by atoms with E-state index in [0.29, 0.717) is 15.3 Å². The Morgan fingerprint density at radius 3 is 3.00 bits per heavy atom. The second-order valence-corrected chi connectivity index (χ2v) is 6.05. The summed E-state index contributed by atoms with van der Waals surface area (Å²) >= 11 is 2.08. The highest BCUT2D eigenvalue weighted by Gasteiger charge is 2.31. The Hall–Kier alpha value is -1.75. The van der Waals surface area contributed by atoms with E-state index in [1.165, 1.54) is 5.01 Å². The van der Waals surface area contributed by atoms with E-state index < -0.39 is 0 Å². The van der Waals surface area contributed by atoms with Crippen LogP contribution in [0.5, 0.6) is 5.88 Å². The van der Waals surface area contributed by atoms with Crippen LogP contribution in [-0.2, 0) is 6.61 Å². The Balaban J connectivity index is 1.80. The zero-order valence-electron chi connectivity index (χ0n) is 12.1. The highest BCUT2D eigenvalue weighted by atomic mass is 127. The molecule has 1 aliphatic heterocycles. The third kappa shape index (κ3) is 2.90. The summed E-state index contributed by atoms with van der Waals surface area (Å²) in [6, 6.07) is 1.67. The molecule has 0 aromatic carbocycles. The van der Waals surface area contributed by atoms with E-state index in [-0.39, 0.29) is 24.7 Å². The fourth-order valence-corrected chi connectivity index (χ4v) is 2.64. The maximum Gasteiger partial charge on any atom is 0.336 e. The quantitative estimate of drug-likeness (QED) is 0.662. The van der Waals surface area contributed by atoms with Crippen molar-refractivity contribution in [2.75, 3.05) is 5.01 Å². The number of carbonyl (C=O) groups is 1. The summed E-state index contributed by atoms with van der Waals surface area (Å²) < 4.78 is 11.7. The number of ether oxygens (including phenoxy) is 1. The van der Waals surface area contributed by atoms with Gasteiger partial charge in [0.1, 0.15) is 18.6 Å². The summed E-state index contributed by atoms with van der Waals surface area (Å²) in [5, 5.41) is 10.9. The zero-order chi connectivity index (χ0) is 15.7. The van der Waals surface area contributed by atoms with Gasteiger partial charge in [-0.2, -0.15) is 5.10 Å². The van der Waals surface area contributed by atoms with Gasteiger partial charge >= 0.3 is 6.03 Å². The molecular weight excluding hydrogens is 401 g/mol. The lowest BCUT2D eigenvalue weighted by molar-refractivity contribution is 0.225. The van der Waals surface area contributed by atoms with Crippen molar-refractivity contribution in [3.05, 3.63) is 27.9 Å². The average molecular weight is 417 g/mol. The van der Waals surface area contributed by atoms with Crippen LogP contribution in [0.15, 0.2) is 22.9 Å². The molecule has 2 amide bonds. The average Bonchev–Trinajstić information content (AvgIpc) is 3.11. The van der Waals surface area contributed by atoms with E-state index in [4.69, 9.17) is 9.15 Å². The number of rotatable bonds is 4. The molecule has 0 radical (unpaired) electrons. The molecular formula is C13H16IN5O3. The molecule has 9 heteroatoms. The number of urea groups is 1. The number of carbonyl (C=O) groups excluding carboxylic acids is 1. The van der Waals surface area contributed by atoms with Gasteiger partial charge in [0.05, 0.1) is 11.8 Å². The first kappa shape index (κ1) is 15.2. The van der Waals surface area contributed by atoms with Crippen LogP contribution in [0, 0.1) is 3.77 Å². The molecule has 8 nitrogen and oxygen atoms in total. The molecule has 3 rings (SSSR count). The Labute approximate surface area is 140 Å². The van der Waals surface area contributed by atoms with Crippen LogP contribution in [0.4, 0.5) is 10.5 Å². The van der Waals surface area contributed by atoms with Crippen molar-refractivity contribution in [2.45, 2.75) is 32.5 Å². The molecule has 1 saturated heterocycles. The first-order valence-corrected chi connectivity index (χ1v) is 7.89. The number of amides is 2. The van der Waals surface area contributed by atoms with E-state index in [1.807, 2.05) is 13.8 Å². The summed E-state index contributed by atoms with van der Waals surface area (Å²) in [5.41, 5.74) is 4.59. The maximum absolute atomic E-state index is 12.2. The van der Waals surface area contributed by atoms with Crippen molar-refractivity contribution < 1.29 is 13.9 Å². The third-order valence-electron chi connectivity index (χ3n) is 3.55. The third-order valence-corrected chi connectivity index (χ3v) is 4.45. The van der Waals surface area contributed by atoms with E-state index >= 15 is 0 Å². The number of hydrogen-bond donors (Lipinski definition) is 3. The summed E-state index contributed by atoms with van der Waals surface area (Å²) in [6.45, 7) is 4.22. The van der Waals surface area contributed by atoms with Crippen LogP contribution >= 0.6 is 22.6 Å². The first-order valence-electron chi connectivity index (χ1n) is 6.81. The highest BCUT2D eigenvalue weighted by molar-refractivity contribution is 14.1. The number of aromatic amines is 1. The van der Waals surface area contributed by atoms with Crippen molar-refractivity contribution in [3.63, 3.8) is 0 Å². The number of hydrazine groups is 1. The van der Waals surface area contributed by atoms with Gasteiger partial charge in [-0.3, -0.25) is 0 Å². The van der Waals surface area contributed by atoms with Crippen molar-refractivity contribution in [1.29, 1.82) is 0 Å². The molecule has 1 aliphatic rings. The summed E-state index contributed by atoms with van der Waals surface area (Å²) in [4.78, 5) is 12.2. The lowest BCUT2D eigenvalue weighted by atomic mass is 10.1. The fraction of sp³-hybridized carbons (Fsp3) is 0.385. The Bertz CT molecular complexity index is 657. The van der Waals surface area contributed by atoms with Crippen LogP contribution in [0.25, 0.3) is 0 Å². The minimum Gasteiger partial charge on any atom is -0.473 e. The smallest absolute Gasteiger partial charge is 0.336 e. The molecule has 2 aromatic heterocycles. The zero-order valence-corrected chi connectivity index (χ0v) is 14.2. The molecule has 0 aliphatic carbocycles. The molecule has 0 saturated carbocycles. The molecule has 0 bridgehead atoms. The van der Waals surface area contributed by atoms with Gasteiger partial charge in [0.2, 0.25) is 5.88 Å². The second kappa shape index (κ2) is 6.16. The van der Waals surface area contributed by atoms with E-state index in [2.05, 4.69) is 43.5 Å². The SMILES string of the molecule is CC1NC(=O)N(c2coc(I)c2COc2ccn[nH]2)NC1C. The van der Waals surface area contributed by atoms with Gasteiger partial charge in [0.15, 0.2) is 3.77 Å². The molecule has 2 unspecified atom stereocenters. The molecule has 118 valence electrons. The minimum absolute atomic E-state index is 0.0550. The number of nitrogens with one attached hydrogen (secondary N) is 3. The lowest BCUT2D eigenvalue weighted by Gasteiger charge is -2.36. The minimum atomic E-state index is -0.217. The predicted octanol–water partition coefficient (Wildman–Crippen LogP) is 2.00. The van der Waals surface area contributed by atoms with Gasteiger partial charge in [-0.1, -0.05) is 0 Å². The van der Waals surface area contributed by atoms with E-state index in [0.717, 1.165) is 5.56 Å². The second-order valence-electron chi connectivity index (χ2n) is 5.07. The summed E-state index contributed by atoms with van der Waals surface area (Å²) in [7, 11) is 0. The molecule has 3 N–H and O–H groups in total. The normalized spacial score (nSPS) is 21.8. The number of halogens is 1. The number of hydrogen-bond acceptors (Lipinski definition) is 5. The highest BCUT2D eigenvalue weighted by Crippen LogP contribution is 2.29. The topological polar surface area (TPSA) is 95.4 Å². The Kier molecular flexibility index (Phi) is 4.25. The van der Waals surface area contributed by atoms with Crippen LogP contribution in [-0.4, -0.2) is 28.3 Å². The van der Waals surface area contributed by atoms with Crippen molar-refractivity contribution in [1.82, 2.24) is 20.9 Å². The van der Waals surface area contributed by atoms with Gasteiger partial charge < -0.3 is 14.5 Å². The van der Waals surface area contributed by atoms with E-state index in [1.54, 1.807) is 18.5 Å².